The fourth-order valence-corrected chi connectivity index (χ4v) is 1.15. The van der Waals surface area contributed by atoms with E-state index in [1.807, 2.05) is 0 Å². The van der Waals surface area contributed by atoms with Crippen molar-refractivity contribution in [2.24, 2.45) is 0 Å². The predicted octanol–water partition coefficient (Wildman–Crippen LogP) is 1.12. The summed E-state index contributed by atoms with van der Waals surface area (Å²) >= 11 is 0. The van der Waals surface area contributed by atoms with Crippen LogP contribution in [0, 0.1) is 0 Å². The highest BCUT2D eigenvalue weighted by Gasteiger charge is 2.36. The minimum absolute atomic E-state index is 0.143. The second kappa shape index (κ2) is 3.72. The molecule has 2 unspecified atom stereocenters. The first-order chi connectivity index (χ1) is 5.27. The summed E-state index contributed by atoms with van der Waals surface area (Å²) in [4.78, 5) is 10.7. The Morgan fingerprint density at radius 3 is 2.73 bits per heavy atom. The quantitative estimate of drug-likeness (QED) is 0.454. The van der Waals surface area contributed by atoms with E-state index in [0.717, 1.165) is 12.8 Å². The Bertz CT molecular complexity index is 144. The van der Waals surface area contributed by atoms with Gasteiger partial charge in [-0.15, -0.1) is 0 Å². The predicted molar refractivity (Wildman–Crippen MR) is 40.2 cm³/mol. The fraction of sp³-hybridized carbons (Fsp3) is 0.875. The van der Waals surface area contributed by atoms with Gasteiger partial charge in [-0.2, -0.15) is 0 Å². The van der Waals surface area contributed by atoms with Gasteiger partial charge < -0.3 is 9.47 Å². The number of esters is 1. The largest absolute Gasteiger partial charge is 0.469 e. The molecule has 1 heterocycles. The Kier molecular flexibility index (Phi) is 2.88. The average molecular weight is 158 g/mol. The molecular weight excluding hydrogens is 144 g/mol. The molecule has 2 atom stereocenters. The van der Waals surface area contributed by atoms with Crippen LogP contribution in [-0.2, 0) is 14.3 Å². The van der Waals surface area contributed by atoms with E-state index in [4.69, 9.17) is 4.74 Å². The van der Waals surface area contributed by atoms with Crippen LogP contribution in [-0.4, -0.2) is 25.3 Å². The third-order valence-corrected chi connectivity index (χ3v) is 1.95. The SMILES string of the molecule is CCC1OC1CCC(=O)OC. The molecule has 11 heavy (non-hydrogen) atoms. The molecule has 1 aliphatic heterocycles. The Balaban J connectivity index is 2.01. The molecule has 1 saturated heterocycles. The first-order valence-corrected chi connectivity index (χ1v) is 4.00. The van der Waals surface area contributed by atoms with Crippen molar-refractivity contribution in [3.8, 4) is 0 Å². The van der Waals surface area contributed by atoms with E-state index in [9.17, 15) is 4.79 Å². The van der Waals surface area contributed by atoms with Crippen LogP contribution in [0.1, 0.15) is 26.2 Å². The second-order valence-corrected chi connectivity index (χ2v) is 2.74. The summed E-state index contributed by atoms with van der Waals surface area (Å²) < 4.78 is 9.76. The van der Waals surface area contributed by atoms with Crippen molar-refractivity contribution in [2.45, 2.75) is 38.4 Å². The van der Waals surface area contributed by atoms with Crippen molar-refractivity contribution in [1.82, 2.24) is 0 Å². The van der Waals surface area contributed by atoms with E-state index in [2.05, 4.69) is 11.7 Å². The summed E-state index contributed by atoms with van der Waals surface area (Å²) in [5, 5.41) is 0. The number of carbonyl (C=O) groups excluding carboxylic acids is 1. The lowest BCUT2D eigenvalue weighted by atomic mass is 10.2. The van der Waals surface area contributed by atoms with Gasteiger partial charge in [0.2, 0.25) is 0 Å². The van der Waals surface area contributed by atoms with Gasteiger partial charge in [0.05, 0.1) is 19.3 Å². The van der Waals surface area contributed by atoms with E-state index in [1.165, 1.54) is 7.11 Å². The Hall–Kier alpha value is -0.570. The molecule has 0 aromatic heterocycles. The zero-order valence-corrected chi connectivity index (χ0v) is 7.00. The van der Waals surface area contributed by atoms with E-state index in [-0.39, 0.29) is 5.97 Å². The van der Waals surface area contributed by atoms with Crippen LogP contribution in [0.25, 0.3) is 0 Å². The third kappa shape index (κ3) is 2.50. The lowest BCUT2D eigenvalue weighted by molar-refractivity contribution is -0.140. The van der Waals surface area contributed by atoms with E-state index in [1.54, 1.807) is 0 Å². The zero-order chi connectivity index (χ0) is 8.27. The van der Waals surface area contributed by atoms with E-state index < -0.39 is 0 Å². The summed E-state index contributed by atoms with van der Waals surface area (Å²) in [5.41, 5.74) is 0. The summed E-state index contributed by atoms with van der Waals surface area (Å²) in [7, 11) is 1.41. The third-order valence-electron chi connectivity index (χ3n) is 1.95. The summed E-state index contributed by atoms with van der Waals surface area (Å²) in [5.74, 6) is -0.143. The number of carbonyl (C=O) groups is 1. The fourth-order valence-electron chi connectivity index (χ4n) is 1.15. The summed E-state index contributed by atoms with van der Waals surface area (Å²) in [6.45, 7) is 2.09. The van der Waals surface area contributed by atoms with E-state index in [0.29, 0.717) is 18.6 Å². The average Bonchev–Trinajstić information content (AvgIpc) is 2.78. The number of rotatable bonds is 4. The normalized spacial score (nSPS) is 28.2. The zero-order valence-electron chi connectivity index (χ0n) is 7.00. The molecule has 3 heteroatoms. The molecule has 0 N–H and O–H groups in total. The van der Waals surface area contributed by atoms with Crippen molar-refractivity contribution in [3.63, 3.8) is 0 Å². The van der Waals surface area contributed by atoms with Crippen LogP contribution >= 0.6 is 0 Å². The minimum atomic E-state index is -0.143. The monoisotopic (exact) mass is 158 g/mol. The van der Waals surface area contributed by atoms with Crippen molar-refractivity contribution < 1.29 is 14.3 Å². The number of hydrogen-bond donors (Lipinski definition) is 0. The highest BCUT2D eigenvalue weighted by Crippen LogP contribution is 2.28. The Morgan fingerprint density at radius 1 is 1.55 bits per heavy atom. The topological polar surface area (TPSA) is 38.8 Å². The molecule has 1 aliphatic rings. The number of hydrogen-bond acceptors (Lipinski definition) is 3. The van der Waals surface area contributed by atoms with Crippen LogP contribution in [0.3, 0.4) is 0 Å². The molecule has 0 aromatic rings. The van der Waals surface area contributed by atoms with Gasteiger partial charge in [-0.1, -0.05) is 6.92 Å². The van der Waals surface area contributed by atoms with Gasteiger partial charge in [0, 0.05) is 6.42 Å². The highest BCUT2D eigenvalue weighted by atomic mass is 16.6. The molecule has 0 amide bonds. The van der Waals surface area contributed by atoms with Crippen molar-refractivity contribution >= 4 is 5.97 Å². The maximum Gasteiger partial charge on any atom is 0.305 e. The van der Waals surface area contributed by atoms with Crippen LogP contribution < -0.4 is 0 Å². The second-order valence-electron chi connectivity index (χ2n) is 2.74. The standard InChI is InChI=1S/C8H14O3/c1-3-6-7(11-6)4-5-8(9)10-2/h6-7H,3-5H2,1-2H3. The maximum atomic E-state index is 10.7. The smallest absolute Gasteiger partial charge is 0.305 e. The summed E-state index contributed by atoms with van der Waals surface area (Å²) in [6, 6.07) is 0. The maximum absolute atomic E-state index is 10.7. The van der Waals surface area contributed by atoms with Crippen LogP contribution in [0.2, 0.25) is 0 Å². The van der Waals surface area contributed by atoms with Gasteiger partial charge in [-0.25, -0.2) is 0 Å². The molecule has 0 bridgehead atoms. The van der Waals surface area contributed by atoms with Crippen LogP contribution in [0.5, 0.6) is 0 Å². The highest BCUT2D eigenvalue weighted by molar-refractivity contribution is 5.69. The molecular formula is C8H14O3. The first-order valence-electron chi connectivity index (χ1n) is 4.00. The molecule has 1 rings (SSSR count). The van der Waals surface area contributed by atoms with Crippen LogP contribution in [0.15, 0.2) is 0 Å². The van der Waals surface area contributed by atoms with Gasteiger partial charge in [0.25, 0.3) is 0 Å². The molecule has 1 fully saturated rings. The van der Waals surface area contributed by atoms with Gasteiger partial charge in [-0.3, -0.25) is 4.79 Å². The molecule has 0 saturated carbocycles. The molecule has 0 aliphatic carbocycles. The number of epoxide rings is 1. The first kappa shape index (κ1) is 8.53. The van der Waals surface area contributed by atoms with Gasteiger partial charge in [0.1, 0.15) is 0 Å². The molecule has 0 spiro atoms. The van der Waals surface area contributed by atoms with Crippen molar-refractivity contribution in [1.29, 1.82) is 0 Å². The number of methoxy groups -OCH3 is 1. The minimum Gasteiger partial charge on any atom is -0.469 e. The van der Waals surface area contributed by atoms with Gasteiger partial charge in [0.15, 0.2) is 0 Å². The lowest BCUT2D eigenvalue weighted by Crippen LogP contribution is -2.02. The van der Waals surface area contributed by atoms with Crippen molar-refractivity contribution in [2.75, 3.05) is 7.11 Å². The van der Waals surface area contributed by atoms with Gasteiger partial charge in [-0.05, 0) is 12.8 Å². The lowest BCUT2D eigenvalue weighted by Gasteiger charge is -1.94. The Morgan fingerprint density at radius 2 is 2.27 bits per heavy atom. The molecule has 64 valence electrons. The molecule has 3 nitrogen and oxygen atoms in total. The molecule has 0 aromatic carbocycles. The van der Waals surface area contributed by atoms with E-state index >= 15 is 0 Å². The number of ether oxygens (including phenoxy) is 2. The summed E-state index contributed by atoms with van der Waals surface area (Å²) in [6.07, 6.45) is 3.06. The van der Waals surface area contributed by atoms with Crippen molar-refractivity contribution in [3.05, 3.63) is 0 Å². The van der Waals surface area contributed by atoms with Gasteiger partial charge >= 0.3 is 5.97 Å². The Labute approximate surface area is 66.7 Å². The van der Waals surface area contributed by atoms with Crippen LogP contribution in [0.4, 0.5) is 0 Å². The molecule has 0 radical (unpaired) electrons.